The number of esters is 1. The van der Waals surface area contributed by atoms with E-state index in [9.17, 15) is 19.2 Å². The van der Waals surface area contributed by atoms with Gasteiger partial charge in [0, 0.05) is 10.4 Å². The summed E-state index contributed by atoms with van der Waals surface area (Å²) in [4.78, 5) is 48.0. The number of fused-ring (bicyclic) bond motifs is 1. The largest absolute Gasteiger partial charge is 0.456 e. The van der Waals surface area contributed by atoms with E-state index in [0.717, 1.165) is 4.90 Å². The third kappa shape index (κ3) is 6.07. The number of rotatable bonds is 4. The fourth-order valence-electron chi connectivity index (χ4n) is 2.12. The SMILES string of the molecule is CC(C)(C)NC(=O)NC(=O)COC(=O)CC1Sc2ccccc2NC1=O. The van der Waals surface area contributed by atoms with Gasteiger partial charge in [0.15, 0.2) is 6.61 Å². The van der Waals surface area contributed by atoms with E-state index >= 15 is 0 Å². The molecule has 1 unspecified atom stereocenters. The third-order valence-corrected chi connectivity index (χ3v) is 4.44. The molecule has 0 radical (unpaired) electrons. The number of imide groups is 1. The Morgan fingerprint density at radius 2 is 1.92 bits per heavy atom. The summed E-state index contributed by atoms with van der Waals surface area (Å²) < 4.78 is 4.85. The fourth-order valence-corrected chi connectivity index (χ4v) is 3.21. The van der Waals surface area contributed by atoms with Gasteiger partial charge < -0.3 is 15.4 Å². The number of hydrogen-bond acceptors (Lipinski definition) is 6. The van der Waals surface area contributed by atoms with E-state index in [1.54, 1.807) is 26.8 Å². The van der Waals surface area contributed by atoms with Gasteiger partial charge in [0.05, 0.1) is 17.4 Å². The average molecular weight is 379 g/mol. The van der Waals surface area contributed by atoms with Gasteiger partial charge in [-0.05, 0) is 32.9 Å². The summed E-state index contributed by atoms with van der Waals surface area (Å²) in [7, 11) is 0. The van der Waals surface area contributed by atoms with Crippen molar-refractivity contribution in [1.29, 1.82) is 0 Å². The molecule has 8 nitrogen and oxygen atoms in total. The van der Waals surface area contributed by atoms with Crippen LogP contribution in [0, 0.1) is 0 Å². The lowest BCUT2D eigenvalue weighted by molar-refractivity contribution is -0.148. The first-order valence-corrected chi connectivity index (χ1v) is 8.86. The number of hydrogen-bond donors (Lipinski definition) is 3. The Morgan fingerprint density at radius 1 is 1.23 bits per heavy atom. The number of para-hydroxylation sites is 1. The maximum absolute atomic E-state index is 12.0. The smallest absolute Gasteiger partial charge is 0.321 e. The second-order valence-electron chi connectivity index (χ2n) is 6.71. The van der Waals surface area contributed by atoms with Crippen LogP contribution in [-0.2, 0) is 19.1 Å². The highest BCUT2D eigenvalue weighted by atomic mass is 32.2. The van der Waals surface area contributed by atoms with Gasteiger partial charge in [-0.1, -0.05) is 12.1 Å². The van der Waals surface area contributed by atoms with E-state index in [4.69, 9.17) is 4.74 Å². The lowest BCUT2D eigenvalue weighted by Gasteiger charge is -2.23. The molecule has 0 spiro atoms. The summed E-state index contributed by atoms with van der Waals surface area (Å²) in [5.41, 5.74) is 0.208. The van der Waals surface area contributed by atoms with Crippen molar-refractivity contribution in [1.82, 2.24) is 10.6 Å². The number of carbonyl (C=O) groups is 4. The van der Waals surface area contributed by atoms with Crippen LogP contribution in [-0.4, -0.2) is 41.2 Å². The highest BCUT2D eigenvalue weighted by molar-refractivity contribution is 8.01. The van der Waals surface area contributed by atoms with Crippen LogP contribution in [0.5, 0.6) is 0 Å². The lowest BCUT2D eigenvalue weighted by Crippen LogP contribution is -2.49. The van der Waals surface area contributed by atoms with Crippen LogP contribution in [0.4, 0.5) is 10.5 Å². The molecule has 0 saturated heterocycles. The predicted octanol–water partition coefficient (Wildman–Crippen LogP) is 1.66. The Morgan fingerprint density at radius 3 is 2.62 bits per heavy atom. The zero-order valence-corrected chi connectivity index (χ0v) is 15.6. The van der Waals surface area contributed by atoms with E-state index in [0.29, 0.717) is 5.69 Å². The van der Waals surface area contributed by atoms with E-state index in [2.05, 4.69) is 16.0 Å². The summed E-state index contributed by atoms with van der Waals surface area (Å²) in [5.74, 6) is -1.73. The molecule has 0 bridgehead atoms. The molecule has 26 heavy (non-hydrogen) atoms. The first-order valence-electron chi connectivity index (χ1n) is 7.98. The zero-order valence-electron chi connectivity index (χ0n) is 14.8. The maximum Gasteiger partial charge on any atom is 0.321 e. The first-order chi connectivity index (χ1) is 12.1. The average Bonchev–Trinajstić information content (AvgIpc) is 2.51. The van der Waals surface area contributed by atoms with Crippen LogP contribution in [0.3, 0.4) is 0 Å². The number of thioether (sulfide) groups is 1. The van der Waals surface area contributed by atoms with Gasteiger partial charge in [0.1, 0.15) is 0 Å². The topological polar surface area (TPSA) is 114 Å². The molecule has 1 atom stereocenters. The second-order valence-corrected chi connectivity index (χ2v) is 7.95. The second kappa shape index (κ2) is 8.22. The number of carbonyl (C=O) groups excluding carboxylic acids is 4. The zero-order chi connectivity index (χ0) is 19.3. The van der Waals surface area contributed by atoms with Gasteiger partial charge in [0.25, 0.3) is 5.91 Å². The van der Waals surface area contributed by atoms with Crippen molar-refractivity contribution in [2.24, 2.45) is 0 Å². The Labute approximate surface area is 155 Å². The third-order valence-electron chi connectivity index (χ3n) is 3.16. The molecule has 1 heterocycles. The molecule has 0 aliphatic carbocycles. The highest BCUT2D eigenvalue weighted by Crippen LogP contribution is 2.36. The van der Waals surface area contributed by atoms with E-state index in [-0.39, 0.29) is 12.3 Å². The molecule has 1 aromatic rings. The summed E-state index contributed by atoms with van der Waals surface area (Å²) in [6, 6.07) is 6.60. The van der Waals surface area contributed by atoms with Crippen molar-refractivity contribution in [3.05, 3.63) is 24.3 Å². The molecule has 0 aromatic heterocycles. The molecule has 0 fully saturated rings. The number of benzene rings is 1. The minimum atomic E-state index is -0.744. The number of ether oxygens (including phenoxy) is 1. The monoisotopic (exact) mass is 379 g/mol. The molecular formula is C17H21N3O5S. The molecule has 3 N–H and O–H groups in total. The van der Waals surface area contributed by atoms with E-state index in [1.165, 1.54) is 11.8 Å². The Hall–Kier alpha value is -2.55. The molecule has 1 aromatic carbocycles. The first kappa shape index (κ1) is 19.8. The normalized spacial score (nSPS) is 16.1. The minimum Gasteiger partial charge on any atom is -0.456 e. The van der Waals surface area contributed by atoms with Crippen LogP contribution in [0.2, 0.25) is 0 Å². The van der Waals surface area contributed by atoms with Crippen molar-refractivity contribution in [2.45, 2.75) is 42.9 Å². The van der Waals surface area contributed by atoms with Crippen molar-refractivity contribution in [2.75, 3.05) is 11.9 Å². The van der Waals surface area contributed by atoms with Crippen molar-refractivity contribution >= 4 is 41.3 Å². The van der Waals surface area contributed by atoms with Gasteiger partial charge in [0.2, 0.25) is 5.91 Å². The molecule has 2 rings (SSSR count). The quantitative estimate of drug-likeness (QED) is 0.686. The Balaban J connectivity index is 1.78. The predicted molar refractivity (Wildman–Crippen MR) is 96.7 cm³/mol. The fraction of sp³-hybridized carbons (Fsp3) is 0.412. The molecule has 4 amide bonds. The van der Waals surface area contributed by atoms with Gasteiger partial charge in [-0.25, -0.2) is 4.79 Å². The summed E-state index contributed by atoms with van der Waals surface area (Å²) in [6.45, 7) is 4.71. The molecule has 0 saturated carbocycles. The van der Waals surface area contributed by atoms with Gasteiger partial charge in [-0.15, -0.1) is 11.8 Å². The molecule has 140 valence electrons. The van der Waals surface area contributed by atoms with Crippen LogP contribution in [0.1, 0.15) is 27.2 Å². The van der Waals surface area contributed by atoms with E-state index < -0.39 is 35.3 Å². The number of anilines is 1. The summed E-state index contributed by atoms with van der Waals surface area (Å²) in [5, 5.41) is 6.71. The van der Waals surface area contributed by atoms with Crippen LogP contribution >= 0.6 is 11.8 Å². The lowest BCUT2D eigenvalue weighted by atomic mass is 10.1. The number of amides is 4. The van der Waals surface area contributed by atoms with Crippen molar-refractivity contribution < 1.29 is 23.9 Å². The standard InChI is InChI=1S/C17H21N3O5S/c1-17(2,3)20-16(24)19-13(21)9-25-14(22)8-12-15(23)18-10-6-4-5-7-11(10)26-12/h4-7,12H,8-9H2,1-3H3,(H,18,23)(H2,19,20,21,24). The Bertz CT molecular complexity index is 729. The van der Waals surface area contributed by atoms with E-state index in [1.807, 2.05) is 18.2 Å². The van der Waals surface area contributed by atoms with Gasteiger partial charge in [-0.2, -0.15) is 0 Å². The molecule has 9 heteroatoms. The molecule has 1 aliphatic heterocycles. The van der Waals surface area contributed by atoms with Crippen molar-refractivity contribution in [3.63, 3.8) is 0 Å². The maximum atomic E-state index is 12.0. The van der Waals surface area contributed by atoms with Gasteiger partial charge in [-0.3, -0.25) is 19.7 Å². The highest BCUT2D eigenvalue weighted by Gasteiger charge is 2.29. The molecular weight excluding hydrogens is 358 g/mol. The number of urea groups is 1. The van der Waals surface area contributed by atoms with Crippen molar-refractivity contribution in [3.8, 4) is 0 Å². The van der Waals surface area contributed by atoms with Crippen LogP contribution < -0.4 is 16.0 Å². The number of nitrogens with one attached hydrogen (secondary N) is 3. The summed E-state index contributed by atoms with van der Waals surface area (Å²) >= 11 is 1.27. The van der Waals surface area contributed by atoms with Gasteiger partial charge >= 0.3 is 12.0 Å². The molecule has 1 aliphatic rings. The Kier molecular flexibility index (Phi) is 6.25. The van der Waals surface area contributed by atoms with Crippen LogP contribution in [0.25, 0.3) is 0 Å². The summed E-state index contributed by atoms with van der Waals surface area (Å²) in [6.07, 6.45) is -0.174. The minimum absolute atomic E-state index is 0.174. The van der Waals surface area contributed by atoms with Crippen LogP contribution in [0.15, 0.2) is 29.2 Å².